The number of nitrogens with one attached hydrogen (secondary N) is 2. The lowest BCUT2D eigenvalue weighted by atomic mass is 10.1. The third-order valence-corrected chi connectivity index (χ3v) is 2.82. The highest BCUT2D eigenvalue weighted by atomic mass is 35.5. The van der Waals surface area contributed by atoms with Crippen molar-refractivity contribution in [2.24, 2.45) is 5.73 Å². The number of carbonyl (C=O) groups excluding carboxylic acids is 2. The molecule has 0 aliphatic heterocycles. The predicted octanol–water partition coefficient (Wildman–Crippen LogP) is 1.38. The molecule has 0 unspecified atom stereocenters. The van der Waals surface area contributed by atoms with Crippen LogP contribution in [0.15, 0.2) is 18.2 Å². The molecule has 0 heterocycles. The Labute approximate surface area is 111 Å². The van der Waals surface area contributed by atoms with E-state index < -0.39 is 6.04 Å². The highest BCUT2D eigenvalue weighted by molar-refractivity contribution is 6.34. The van der Waals surface area contributed by atoms with E-state index in [4.69, 9.17) is 17.3 Å². The molecule has 1 aromatic rings. The minimum Gasteiger partial charge on any atom is -0.355 e. The molecule has 0 aliphatic rings. The summed E-state index contributed by atoms with van der Waals surface area (Å²) in [6.45, 7) is 1.81. The summed E-state index contributed by atoms with van der Waals surface area (Å²) in [6, 6.07) is 4.06. The molecule has 0 bridgehead atoms. The number of hydrogen-bond acceptors (Lipinski definition) is 3. The summed E-state index contributed by atoms with van der Waals surface area (Å²) in [5.41, 5.74) is 6.40. The number of amides is 2. The van der Waals surface area contributed by atoms with Crippen LogP contribution in [0.2, 0.25) is 5.02 Å². The van der Waals surface area contributed by atoms with Crippen molar-refractivity contribution in [1.82, 2.24) is 5.32 Å². The summed E-state index contributed by atoms with van der Waals surface area (Å²) in [6.07, 6.45) is 0.526. The van der Waals surface area contributed by atoms with E-state index in [0.29, 0.717) is 22.7 Å². The maximum absolute atomic E-state index is 11.7. The number of benzene rings is 1. The molecule has 0 saturated carbocycles. The Bertz CT molecular complexity index is 463. The number of carbonyl (C=O) groups is 2. The van der Waals surface area contributed by atoms with Gasteiger partial charge in [-0.1, -0.05) is 18.5 Å². The lowest BCUT2D eigenvalue weighted by molar-refractivity contribution is -0.117. The predicted molar refractivity (Wildman–Crippen MR) is 71.7 cm³/mol. The Balaban J connectivity index is 2.94. The number of hydrogen-bond donors (Lipinski definition) is 3. The van der Waals surface area contributed by atoms with Gasteiger partial charge in [-0.3, -0.25) is 9.59 Å². The summed E-state index contributed by atoms with van der Waals surface area (Å²) in [7, 11) is 1.53. The molecule has 1 aromatic carbocycles. The molecule has 0 radical (unpaired) electrons. The van der Waals surface area contributed by atoms with Gasteiger partial charge in [0.15, 0.2) is 0 Å². The largest absolute Gasteiger partial charge is 0.355 e. The first-order valence-electron chi connectivity index (χ1n) is 5.57. The summed E-state index contributed by atoms with van der Waals surface area (Å²) in [5, 5.41) is 5.46. The van der Waals surface area contributed by atoms with Crippen molar-refractivity contribution < 1.29 is 9.59 Å². The molecule has 0 fully saturated rings. The van der Waals surface area contributed by atoms with Crippen LogP contribution < -0.4 is 16.4 Å². The zero-order chi connectivity index (χ0) is 13.7. The molecule has 0 saturated heterocycles. The van der Waals surface area contributed by atoms with Gasteiger partial charge in [-0.25, -0.2) is 0 Å². The molecule has 98 valence electrons. The molecule has 5 nitrogen and oxygen atoms in total. The van der Waals surface area contributed by atoms with Crippen molar-refractivity contribution in [3.8, 4) is 0 Å². The lowest BCUT2D eigenvalue weighted by Gasteiger charge is -2.12. The van der Waals surface area contributed by atoms with Gasteiger partial charge in [0.1, 0.15) is 0 Å². The monoisotopic (exact) mass is 269 g/mol. The van der Waals surface area contributed by atoms with Crippen molar-refractivity contribution in [3.05, 3.63) is 28.8 Å². The number of halogens is 1. The van der Waals surface area contributed by atoms with Crippen molar-refractivity contribution in [2.75, 3.05) is 12.4 Å². The van der Waals surface area contributed by atoms with Gasteiger partial charge in [0.05, 0.1) is 16.8 Å². The zero-order valence-electron chi connectivity index (χ0n) is 10.3. The Morgan fingerprint density at radius 1 is 1.44 bits per heavy atom. The van der Waals surface area contributed by atoms with Crippen LogP contribution in [-0.2, 0) is 4.79 Å². The van der Waals surface area contributed by atoms with Crippen molar-refractivity contribution in [3.63, 3.8) is 0 Å². The third kappa shape index (κ3) is 3.45. The van der Waals surface area contributed by atoms with Crippen LogP contribution in [0.5, 0.6) is 0 Å². The van der Waals surface area contributed by atoms with E-state index >= 15 is 0 Å². The highest BCUT2D eigenvalue weighted by Gasteiger charge is 2.14. The molecular weight excluding hydrogens is 254 g/mol. The molecule has 0 spiro atoms. The fraction of sp³-hybridized carbons (Fsp3) is 0.333. The topological polar surface area (TPSA) is 84.2 Å². The molecule has 0 aliphatic carbocycles. The molecule has 6 heteroatoms. The molecular formula is C12H16ClN3O2. The molecule has 1 atom stereocenters. The summed E-state index contributed by atoms with van der Waals surface area (Å²) < 4.78 is 0. The van der Waals surface area contributed by atoms with Gasteiger partial charge in [-0.15, -0.1) is 0 Å². The van der Waals surface area contributed by atoms with Crippen molar-refractivity contribution >= 4 is 29.1 Å². The molecule has 1 rings (SSSR count). The maximum Gasteiger partial charge on any atom is 0.251 e. The molecule has 0 aromatic heterocycles. The van der Waals surface area contributed by atoms with Gasteiger partial charge in [-0.2, -0.15) is 0 Å². The van der Waals surface area contributed by atoms with Crippen LogP contribution in [0, 0.1) is 0 Å². The second-order valence-electron chi connectivity index (χ2n) is 3.78. The summed E-state index contributed by atoms with van der Waals surface area (Å²) in [4.78, 5) is 23.1. The van der Waals surface area contributed by atoms with Gasteiger partial charge in [0.25, 0.3) is 5.91 Å². The van der Waals surface area contributed by atoms with Gasteiger partial charge >= 0.3 is 0 Å². The number of rotatable bonds is 4. The Kier molecular flexibility index (Phi) is 5.12. The van der Waals surface area contributed by atoms with Gasteiger partial charge in [0, 0.05) is 12.6 Å². The Morgan fingerprint density at radius 3 is 2.67 bits per heavy atom. The SMILES string of the molecule is CC[C@@H](N)C(=O)Nc1cc(C(=O)NC)ccc1Cl. The molecule has 2 amide bonds. The first-order valence-corrected chi connectivity index (χ1v) is 5.95. The fourth-order valence-corrected chi connectivity index (χ4v) is 1.48. The van der Waals surface area contributed by atoms with Crippen LogP contribution >= 0.6 is 11.6 Å². The third-order valence-electron chi connectivity index (χ3n) is 2.49. The zero-order valence-corrected chi connectivity index (χ0v) is 11.0. The van der Waals surface area contributed by atoms with Gasteiger partial charge in [-0.05, 0) is 24.6 Å². The lowest BCUT2D eigenvalue weighted by Crippen LogP contribution is -2.35. The fourth-order valence-electron chi connectivity index (χ4n) is 1.32. The molecule has 4 N–H and O–H groups in total. The Hall–Kier alpha value is -1.59. The first kappa shape index (κ1) is 14.5. The smallest absolute Gasteiger partial charge is 0.251 e. The second kappa shape index (κ2) is 6.37. The average molecular weight is 270 g/mol. The van der Waals surface area contributed by atoms with Crippen LogP contribution in [0.1, 0.15) is 23.7 Å². The van der Waals surface area contributed by atoms with E-state index in [1.807, 2.05) is 6.92 Å². The summed E-state index contributed by atoms with van der Waals surface area (Å²) >= 11 is 5.95. The van der Waals surface area contributed by atoms with Crippen LogP contribution in [0.3, 0.4) is 0 Å². The van der Waals surface area contributed by atoms with E-state index in [1.54, 1.807) is 12.1 Å². The van der Waals surface area contributed by atoms with E-state index in [9.17, 15) is 9.59 Å². The maximum atomic E-state index is 11.7. The van der Waals surface area contributed by atoms with Crippen molar-refractivity contribution in [2.45, 2.75) is 19.4 Å². The van der Waals surface area contributed by atoms with Crippen LogP contribution in [-0.4, -0.2) is 24.9 Å². The van der Waals surface area contributed by atoms with Crippen LogP contribution in [0.4, 0.5) is 5.69 Å². The summed E-state index contributed by atoms with van der Waals surface area (Å²) in [5.74, 6) is -0.574. The number of anilines is 1. The van der Waals surface area contributed by atoms with E-state index in [2.05, 4.69) is 10.6 Å². The standard InChI is InChI=1S/C12H16ClN3O2/c1-3-9(14)12(18)16-10-6-7(11(17)15-2)4-5-8(10)13/h4-6,9H,3,14H2,1-2H3,(H,15,17)(H,16,18)/t9-/m1/s1. The van der Waals surface area contributed by atoms with Gasteiger partial charge < -0.3 is 16.4 Å². The minimum atomic E-state index is -0.593. The quantitative estimate of drug-likeness (QED) is 0.772. The van der Waals surface area contributed by atoms with E-state index in [0.717, 1.165) is 0 Å². The second-order valence-corrected chi connectivity index (χ2v) is 4.18. The first-order chi connectivity index (χ1) is 8.49. The Morgan fingerprint density at radius 2 is 2.11 bits per heavy atom. The minimum absolute atomic E-state index is 0.248. The van der Waals surface area contributed by atoms with E-state index in [1.165, 1.54) is 13.1 Å². The van der Waals surface area contributed by atoms with Gasteiger partial charge in [0.2, 0.25) is 5.91 Å². The molecule has 18 heavy (non-hydrogen) atoms. The number of nitrogens with two attached hydrogens (primary N) is 1. The average Bonchev–Trinajstić information content (AvgIpc) is 2.39. The normalized spacial score (nSPS) is 11.8. The van der Waals surface area contributed by atoms with E-state index in [-0.39, 0.29) is 11.8 Å². The van der Waals surface area contributed by atoms with Crippen LogP contribution in [0.25, 0.3) is 0 Å². The highest BCUT2D eigenvalue weighted by Crippen LogP contribution is 2.23. The van der Waals surface area contributed by atoms with Crippen molar-refractivity contribution in [1.29, 1.82) is 0 Å².